The molecule has 1 aromatic carbocycles. The first-order chi connectivity index (χ1) is 9.49. The lowest BCUT2D eigenvalue weighted by Crippen LogP contribution is -2.46. The number of primary amides is 1. The Labute approximate surface area is 119 Å². The van der Waals surface area contributed by atoms with Crippen LogP contribution in [0.3, 0.4) is 0 Å². The third-order valence-corrected chi connectivity index (χ3v) is 2.73. The molecule has 0 aliphatic rings. The summed E-state index contributed by atoms with van der Waals surface area (Å²) in [5.74, 6) is -0.571. The van der Waals surface area contributed by atoms with Crippen LogP contribution in [0, 0.1) is 5.92 Å². The van der Waals surface area contributed by atoms with Crippen molar-refractivity contribution >= 4 is 11.8 Å². The first-order valence-electron chi connectivity index (χ1n) is 6.69. The van der Waals surface area contributed by atoms with Crippen LogP contribution < -0.4 is 11.1 Å². The van der Waals surface area contributed by atoms with Crippen LogP contribution in [-0.4, -0.2) is 24.5 Å². The molecule has 3 N–H and O–H groups in total. The van der Waals surface area contributed by atoms with E-state index in [-0.39, 0.29) is 18.4 Å². The maximum Gasteiger partial charge on any atom is 0.246 e. The summed E-state index contributed by atoms with van der Waals surface area (Å²) < 4.78 is 5.30. The Morgan fingerprint density at radius 3 is 2.45 bits per heavy atom. The Balaban J connectivity index is 2.33. The molecule has 0 aliphatic heterocycles. The molecule has 0 spiro atoms. The summed E-state index contributed by atoms with van der Waals surface area (Å²) in [7, 11) is 0. The first-order valence-corrected chi connectivity index (χ1v) is 6.69. The van der Waals surface area contributed by atoms with Gasteiger partial charge in [-0.2, -0.15) is 0 Å². The molecular weight excluding hydrogens is 256 g/mol. The van der Waals surface area contributed by atoms with E-state index in [4.69, 9.17) is 10.5 Å². The minimum atomic E-state index is -0.636. The van der Waals surface area contributed by atoms with Crippen LogP contribution in [0.4, 0.5) is 0 Å². The number of hydrogen-bond donors (Lipinski definition) is 2. The summed E-state index contributed by atoms with van der Waals surface area (Å²) in [6.45, 7) is 4.21. The van der Waals surface area contributed by atoms with Crippen molar-refractivity contribution in [3.05, 3.63) is 35.9 Å². The fraction of sp³-hybridized carbons (Fsp3) is 0.467. The highest BCUT2D eigenvalue weighted by Gasteiger charge is 2.19. The topological polar surface area (TPSA) is 81.4 Å². The largest absolute Gasteiger partial charge is 0.368 e. The second kappa shape index (κ2) is 8.32. The Hall–Kier alpha value is -1.88. The van der Waals surface area contributed by atoms with Crippen molar-refractivity contribution in [3.8, 4) is 0 Å². The smallest absolute Gasteiger partial charge is 0.246 e. The van der Waals surface area contributed by atoms with E-state index in [2.05, 4.69) is 5.32 Å². The molecule has 5 nitrogen and oxygen atoms in total. The third kappa shape index (κ3) is 6.33. The molecule has 0 aromatic heterocycles. The summed E-state index contributed by atoms with van der Waals surface area (Å²) in [6.07, 6.45) is 0.528. The van der Waals surface area contributed by atoms with Crippen LogP contribution >= 0.6 is 0 Å². The number of carbonyl (C=O) groups is 2. The molecule has 0 unspecified atom stereocenters. The molecule has 0 saturated carbocycles. The van der Waals surface area contributed by atoms with Gasteiger partial charge in [-0.25, -0.2) is 0 Å². The monoisotopic (exact) mass is 278 g/mol. The van der Waals surface area contributed by atoms with E-state index >= 15 is 0 Å². The molecule has 0 saturated heterocycles. The summed E-state index contributed by atoms with van der Waals surface area (Å²) >= 11 is 0. The predicted octanol–water partition coefficient (Wildman–Crippen LogP) is 1.22. The van der Waals surface area contributed by atoms with E-state index in [0.717, 1.165) is 5.56 Å². The van der Waals surface area contributed by atoms with E-state index in [1.165, 1.54) is 0 Å². The number of benzene rings is 1. The van der Waals surface area contributed by atoms with Gasteiger partial charge in [0.25, 0.3) is 0 Å². The molecule has 0 radical (unpaired) electrons. The zero-order valence-electron chi connectivity index (χ0n) is 12.0. The molecule has 0 bridgehead atoms. The van der Waals surface area contributed by atoms with Crippen molar-refractivity contribution in [2.24, 2.45) is 11.7 Å². The summed E-state index contributed by atoms with van der Waals surface area (Å²) in [5, 5.41) is 2.60. The highest BCUT2D eigenvalue weighted by Crippen LogP contribution is 2.04. The number of hydrogen-bond acceptors (Lipinski definition) is 3. The Morgan fingerprint density at radius 2 is 1.90 bits per heavy atom. The lowest BCUT2D eigenvalue weighted by Gasteiger charge is -2.17. The van der Waals surface area contributed by atoms with E-state index in [1.54, 1.807) is 0 Å². The number of nitrogens with one attached hydrogen (secondary N) is 1. The molecule has 110 valence electrons. The fourth-order valence-electron chi connectivity index (χ4n) is 1.79. The van der Waals surface area contributed by atoms with Crippen LogP contribution in [0.1, 0.15) is 25.8 Å². The van der Waals surface area contributed by atoms with Gasteiger partial charge in [0.2, 0.25) is 11.8 Å². The van der Waals surface area contributed by atoms with Gasteiger partial charge in [-0.3, -0.25) is 9.59 Å². The van der Waals surface area contributed by atoms with Gasteiger partial charge in [0.1, 0.15) is 12.6 Å². The molecule has 1 atom stereocenters. The first kappa shape index (κ1) is 16.2. The molecule has 0 aliphatic carbocycles. The highest BCUT2D eigenvalue weighted by molar-refractivity contribution is 5.86. The van der Waals surface area contributed by atoms with Crippen molar-refractivity contribution in [1.82, 2.24) is 5.32 Å². The highest BCUT2D eigenvalue weighted by atomic mass is 16.5. The zero-order chi connectivity index (χ0) is 15.0. The van der Waals surface area contributed by atoms with Crippen molar-refractivity contribution < 1.29 is 14.3 Å². The van der Waals surface area contributed by atoms with Crippen LogP contribution in [0.5, 0.6) is 0 Å². The molecule has 2 amide bonds. The van der Waals surface area contributed by atoms with Gasteiger partial charge in [0.15, 0.2) is 0 Å². The van der Waals surface area contributed by atoms with Crippen LogP contribution in [0.25, 0.3) is 0 Å². The second-order valence-corrected chi connectivity index (χ2v) is 5.13. The van der Waals surface area contributed by atoms with Gasteiger partial charge in [-0.1, -0.05) is 44.2 Å². The van der Waals surface area contributed by atoms with Crippen molar-refractivity contribution in [1.29, 1.82) is 0 Å². The van der Waals surface area contributed by atoms with Crippen molar-refractivity contribution in [2.75, 3.05) is 6.61 Å². The lowest BCUT2D eigenvalue weighted by molar-refractivity contribution is -0.131. The SMILES string of the molecule is CC(C)C[C@H](NC(=O)COCc1ccccc1)C(N)=O. The summed E-state index contributed by atoms with van der Waals surface area (Å²) in [5.41, 5.74) is 6.25. The molecule has 20 heavy (non-hydrogen) atoms. The van der Waals surface area contributed by atoms with Gasteiger partial charge in [-0.05, 0) is 17.9 Å². The minimum absolute atomic E-state index is 0.0865. The van der Waals surface area contributed by atoms with Crippen LogP contribution in [-0.2, 0) is 20.9 Å². The van der Waals surface area contributed by atoms with Crippen LogP contribution in [0.15, 0.2) is 30.3 Å². The van der Waals surface area contributed by atoms with Crippen molar-refractivity contribution in [2.45, 2.75) is 32.9 Å². The predicted molar refractivity (Wildman–Crippen MR) is 76.7 cm³/mol. The van der Waals surface area contributed by atoms with E-state index in [1.807, 2.05) is 44.2 Å². The van der Waals surface area contributed by atoms with Crippen molar-refractivity contribution in [3.63, 3.8) is 0 Å². The normalized spacial score (nSPS) is 12.2. The molecule has 5 heteroatoms. The van der Waals surface area contributed by atoms with E-state index < -0.39 is 11.9 Å². The third-order valence-electron chi connectivity index (χ3n) is 2.73. The molecule has 0 fully saturated rings. The van der Waals surface area contributed by atoms with E-state index in [0.29, 0.717) is 13.0 Å². The number of nitrogens with two attached hydrogens (primary N) is 1. The van der Waals surface area contributed by atoms with Gasteiger partial charge < -0.3 is 15.8 Å². The standard InChI is InChI=1S/C15H22N2O3/c1-11(2)8-13(15(16)19)17-14(18)10-20-9-12-6-4-3-5-7-12/h3-7,11,13H,8-10H2,1-2H3,(H2,16,19)(H,17,18)/t13-/m0/s1. The number of rotatable bonds is 8. The van der Waals surface area contributed by atoms with E-state index in [9.17, 15) is 9.59 Å². The summed E-state index contributed by atoms with van der Waals surface area (Å²) in [4.78, 5) is 22.9. The number of ether oxygens (including phenoxy) is 1. The minimum Gasteiger partial charge on any atom is -0.368 e. The quantitative estimate of drug-likeness (QED) is 0.750. The maximum atomic E-state index is 11.7. The Bertz CT molecular complexity index is 432. The Kier molecular flexibility index (Phi) is 6.73. The number of amides is 2. The maximum absolute atomic E-state index is 11.7. The summed E-state index contributed by atoms with van der Waals surface area (Å²) in [6, 6.07) is 8.93. The second-order valence-electron chi connectivity index (χ2n) is 5.13. The van der Waals surface area contributed by atoms with Gasteiger partial charge >= 0.3 is 0 Å². The zero-order valence-corrected chi connectivity index (χ0v) is 12.0. The molecular formula is C15H22N2O3. The van der Waals surface area contributed by atoms with Gasteiger partial charge in [-0.15, -0.1) is 0 Å². The Morgan fingerprint density at radius 1 is 1.25 bits per heavy atom. The number of carbonyl (C=O) groups excluding carboxylic acids is 2. The van der Waals surface area contributed by atoms with Crippen LogP contribution in [0.2, 0.25) is 0 Å². The van der Waals surface area contributed by atoms with Gasteiger partial charge in [0.05, 0.1) is 6.61 Å². The lowest BCUT2D eigenvalue weighted by atomic mass is 10.0. The molecule has 1 rings (SSSR count). The molecule has 0 heterocycles. The van der Waals surface area contributed by atoms with Gasteiger partial charge in [0, 0.05) is 0 Å². The average molecular weight is 278 g/mol. The molecule has 1 aromatic rings. The average Bonchev–Trinajstić information content (AvgIpc) is 2.38. The fourth-order valence-corrected chi connectivity index (χ4v) is 1.79.